The van der Waals surface area contributed by atoms with E-state index in [1.54, 1.807) is 10.5 Å². The van der Waals surface area contributed by atoms with Gasteiger partial charge in [0, 0.05) is 38.4 Å². The van der Waals surface area contributed by atoms with E-state index in [2.05, 4.69) is 33.9 Å². The number of fused-ring (bicyclic) bond motifs is 2. The first-order valence-corrected chi connectivity index (χ1v) is 10.3. The summed E-state index contributed by atoms with van der Waals surface area (Å²) in [6, 6.07) is 7.48. The van der Waals surface area contributed by atoms with Crippen molar-refractivity contribution in [2.75, 3.05) is 38.1 Å². The highest BCUT2D eigenvalue weighted by Gasteiger charge is 2.16. The number of nitrogens with zero attached hydrogens (tertiary/aromatic N) is 7. The van der Waals surface area contributed by atoms with Crippen LogP contribution in [0.25, 0.3) is 22.6 Å². The average Bonchev–Trinajstić information content (AvgIpc) is 3.17. The van der Waals surface area contributed by atoms with Crippen LogP contribution in [0.1, 0.15) is 18.3 Å². The third-order valence-electron chi connectivity index (χ3n) is 5.76. The van der Waals surface area contributed by atoms with Crippen LogP contribution < -0.4 is 10.5 Å². The van der Waals surface area contributed by atoms with E-state index >= 15 is 0 Å². The molecule has 0 aliphatic carbocycles. The number of rotatable bonds is 3. The summed E-state index contributed by atoms with van der Waals surface area (Å²) >= 11 is 0. The van der Waals surface area contributed by atoms with Gasteiger partial charge in [-0.1, -0.05) is 6.92 Å². The van der Waals surface area contributed by atoms with Gasteiger partial charge in [-0.05, 0) is 38.6 Å². The van der Waals surface area contributed by atoms with Gasteiger partial charge in [-0.3, -0.25) is 14.2 Å². The number of aryl methyl sites for hydroxylation is 2. The zero-order chi connectivity index (χ0) is 20.8. The second kappa shape index (κ2) is 7.21. The summed E-state index contributed by atoms with van der Waals surface area (Å²) in [5, 5.41) is 4.65. The Kier molecular flexibility index (Phi) is 4.51. The van der Waals surface area contributed by atoms with Crippen molar-refractivity contribution in [2.45, 2.75) is 20.3 Å². The van der Waals surface area contributed by atoms with Crippen molar-refractivity contribution in [2.24, 2.45) is 0 Å². The molecule has 154 valence electrons. The molecule has 0 amide bonds. The lowest BCUT2D eigenvalue weighted by molar-refractivity contribution is 0.313. The fraction of sp³-hybridized carbons (Fsp3) is 0.364. The molecular weight excluding hydrogens is 378 g/mol. The van der Waals surface area contributed by atoms with Crippen molar-refractivity contribution >= 4 is 16.9 Å². The van der Waals surface area contributed by atoms with Gasteiger partial charge >= 0.3 is 0 Å². The Morgan fingerprint density at radius 2 is 1.80 bits per heavy atom. The third-order valence-corrected chi connectivity index (χ3v) is 5.76. The fourth-order valence-corrected chi connectivity index (χ4v) is 4.04. The van der Waals surface area contributed by atoms with Crippen LogP contribution in [0.15, 0.2) is 41.5 Å². The molecule has 5 heterocycles. The maximum absolute atomic E-state index is 12.9. The van der Waals surface area contributed by atoms with Gasteiger partial charge in [-0.25, -0.2) is 9.50 Å². The van der Waals surface area contributed by atoms with Crippen LogP contribution in [0.5, 0.6) is 0 Å². The summed E-state index contributed by atoms with van der Waals surface area (Å²) in [7, 11) is 2.13. The van der Waals surface area contributed by atoms with Crippen LogP contribution >= 0.6 is 0 Å². The molecule has 0 spiro atoms. The molecule has 1 fully saturated rings. The molecule has 0 saturated carbocycles. The van der Waals surface area contributed by atoms with E-state index in [9.17, 15) is 4.79 Å². The zero-order valence-corrected chi connectivity index (χ0v) is 17.5. The Bertz CT molecular complexity index is 1300. The molecule has 0 bridgehead atoms. The molecule has 1 aliphatic heterocycles. The summed E-state index contributed by atoms with van der Waals surface area (Å²) in [4.78, 5) is 26.8. The Balaban J connectivity index is 1.56. The maximum Gasteiger partial charge on any atom is 0.258 e. The van der Waals surface area contributed by atoms with E-state index in [1.165, 1.54) is 0 Å². The van der Waals surface area contributed by atoms with Crippen molar-refractivity contribution < 1.29 is 0 Å². The standard InChI is InChI=1S/C22H25N7O/c1-4-17-20-11-19(25-29(20)13-15(2)23-17)18-12-22(30)28-14-16(5-6-21(28)24-18)27-9-7-26(3)8-10-27/h5-6,11-14H,4,7-10H2,1-3H3. The molecule has 1 saturated heterocycles. The van der Waals surface area contributed by atoms with Gasteiger partial charge in [-0.2, -0.15) is 5.10 Å². The predicted octanol–water partition coefficient (Wildman–Crippen LogP) is 2.03. The second-order valence-electron chi connectivity index (χ2n) is 7.93. The molecule has 0 aromatic carbocycles. The van der Waals surface area contributed by atoms with Gasteiger partial charge in [0.15, 0.2) is 0 Å². The smallest absolute Gasteiger partial charge is 0.258 e. The van der Waals surface area contributed by atoms with Crippen molar-refractivity contribution in [3.8, 4) is 11.4 Å². The lowest BCUT2D eigenvalue weighted by atomic mass is 10.2. The highest BCUT2D eigenvalue weighted by molar-refractivity contribution is 5.66. The number of pyridine rings is 1. The van der Waals surface area contributed by atoms with Crippen molar-refractivity contribution in [3.05, 3.63) is 58.4 Å². The first-order valence-electron chi connectivity index (χ1n) is 10.3. The van der Waals surface area contributed by atoms with Gasteiger partial charge in [0.25, 0.3) is 5.56 Å². The summed E-state index contributed by atoms with van der Waals surface area (Å²) in [6.07, 6.45) is 4.61. The van der Waals surface area contributed by atoms with Crippen molar-refractivity contribution in [3.63, 3.8) is 0 Å². The minimum atomic E-state index is -0.104. The molecule has 0 atom stereocenters. The lowest BCUT2D eigenvalue weighted by Gasteiger charge is -2.34. The lowest BCUT2D eigenvalue weighted by Crippen LogP contribution is -2.44. The molecule has 8 heteroatoms. The minimum Gasteiger partial charge on any atom is -0.368 e. The highest BCUT2D eigenvalue weighted by atomic mass is 16.1. The van der Waals surface area contributed by atoms with E-state index in [1.807, 2.05) is 42.0 Å². The van der Waals surface area contributed by atoms with Crippen LogP contribution in [0.2, 0.25) is 0 Å². The molecule has 1 aliphatic rings. The summed E-state index contributed by atoms with van der Waals surface area (Å²) < 4.78 is 3.45. The van der Waals surface area contributed by atoms with E-state index in [0.29, 0.717) is 17.0 Å². The Hall–Kier alpha value is -3.26. The topological polar surface area (TPSA) is 71.0 Å². The van der Waals surface area contributed by atoms with Crippen LogP contribution in [0.3, 0.4) is 0 Å². The number of likely N-dealkylation sites (N-methyl/N-ethyl adjacent to an activating group) is 1. The van der Waals surface area contributed by atoms with Crippen LogP contribution in [-0.2, 0) is 6.42 Å². The molecule has 4 aromatic rings. The number of anilines is 1. The summed E-state index contributed by atoms with van der Waals surface area (Å²) in [5.41, 5.74) is 5.68. The van der Waals surface area contributed by atoms with Crippen LogP contribution in [-0.4, -0.2) is 62.1 Å². The third kappa shape index (κ3) is 3.23. The molecule has 0 unspecified atom stereocenters. The zero-order valence-electron chi connectivity index (χ0n) is 17.5. The molecule has 0 N–H and O–H groups in total. The molecular formula is C22H25N7O. The van der Waals surface area contributed by atoms with Gasteiger partial charge < -0.3 is 9.80 Å². The molecule has 5 rings (SSSR count). The Labute approximate surface area is 174 Å². The van der Waals surface area contributed by atoms with E-state index in [4.69, 9.17) is 4.98 Å². The summed E-state index contributed by atoms with van der Waals surface area (Å²) in [5.74, 6) is 0. The molecule has 0 radical (unpaired) electrons. The van der Waals surface area contributed by atoms with Gasteiger partial charge in [0.05, 0.1) is 34.5 Å². The molecule has 30 heavy (non-hydrogen) atoms. The fourth-order valence-electron chi connectivity index (χ4n) is 4.04. The second-order valence-corrected chi connectivity index (χ2v) is 7.93. The van der Waals surface area contributed by atoms with Gasteiger partial charge in [0.2, 0.25) is 0 Å². The number of piperazine rings is 1. The minimum absolute atomic E-state index is 0.104. The summed E-state index contributed by atoms with van der Waals surface area (Å²) in [6.45, 7) is 7.98. The quantitative estimate of drug-likeness (QED) is 0.521. The predicted molar refractivity (Wildman–Crippen MR) is 117 cm³/mol. The molecule has 4 aromatic heterocycles. The normalized spacial score (nSPS) is 15.4. The number of aromatic nitrogens is 5. The van der Waals surface area contributed by atoms with Crippen LogP contribution in [0.4, 0.5) is 5.69 Å². The van der Waals surface area contributed by atoms with Crippen molar-refractivity contribution in [1.82, 2.24) is 28.9 Å². The van der Waals surface area contributed by atoms with Gasteiger partial charge in [0.1, 0.15) is 11.3 Å². The SMILES string of the molecule is CCc1nc(C)cn2nc(-c3cc(=O)n4cc(N5CCN(C)CC5)ccc4n3)cc12. The van der Waals surface area contributed by atoms with E-state index in [0.717, 1.165) is 55.2 Å². The van der Waals surface area contributed by atoms with Crippen LogP contribution in [0, 0.1) is 6.92 Å². The monoisotopic (exact) mass is 403 g/mol. The largest absolute Gasteiger partial charge is 0.368 e. The number of hydrogen-bond donors (Lipinski definition) is 0. The van der Waals surface area contributed by atoms with Gasteiger partial charge in [-0.15, -0.1) is 0 Å². The highest BCUT2D eigenvalue weighted by Crippen LogP contribution is 2.21. The van der Waals surface area contributed by atoms with E-state index in [-0.39, 0.29) is 5.56 Å². The van der Waals surface area contributed by atoms with E-state index < -0.39 is 0 Å². The molecule has 8 nitrogen and oxygen atoms in total. The average molecular weight is 403 g/mol. The Morgan fingerprint density at radius 3 is 2.57 bits per heavy atom. The Morgan fingerprint density at radius 1 is 1.00 bits per heavy atom. The maximum atomic E-state index is 12.9. The number of hydrogen-bond acceptors (Lipinski definition) is 6. The first-order chi connectivity index (χ1) is 14.5. The first kappa shape index (κ1) is 18.7. The van der Waals surface area contributed by atoms with Crippen molar-refractivity contribution in [1.29, 1.82) is 0 Å².